The summed E-state index contributed by atoms with van der Waals surface area (Å²) in [5.41, 5.74) is 3.15. The fourth-order valence-electron chi connectivity index (χ4n) is 3.14. The number of hydrogen-bond donors (Lipinski definition) is 0. The molecule has 0 unspecified atom stereocenters. The van der Waals surface area contributed by atoms with Gasteiger partial charge in [-0.15, -0.1) is 0 Å². The lowest BCUT2D eigenvalue weighted by atomic mass is 9.79. The van der Waals surface area contributed by atoms with Crippen molar-refractivity contribution >= 4 is 11.9 Å². The van der Waals surface area contributed by atoms with E-state index >= 15 is 0 Å². The van der Waals surface area contributed by atoms with E-state index in [4.69, 9.17) is 9.47 Å². The summed E-state index contributed by atoms with van der Waals surface area (Å²) < 4.78 is 10.4. The summed E-state index contributed by atoms with van der Waals surface area (Å²) in [7, 11) is 0. The summed E-state index contributed by atoms with van der Waals surface area (Å²) in [4.78, 5) is 22.9. The number of carbonyl (C=O) groups is 2. The molecule has 1 aliphatic carbocycles. The van der Waals surface area contributed by atoms with Crippen LogP contribution in [0.5, 0.6) is 0 Å². The molecule has 0 aliphatic heterocycles. The van der Waals surface area contributed by atoms with Crippen molar-refractivity contribution in [3.8, 4) is 0 Å². The number of hydrogen-bond acceptors (Lipinski definition) is 4. The molecule has 1 aromatic carbocycles. The van der Waals surface area contributed by atoms with Crippen LogP contribution in [0.3, 0.4) is 0 Å². The molecule has 0 aromatic heterocycles. The lowest BCUT2D eigenvalue weighted by Gasteiger charge is -2.28. The van der Waals surface area contributed by atoms with Gasteiger partial charge in [-0.3, -0.25) is 0 Å². The second kappa shape index (κ2) is 9.37. The Morgan fingerprint density at radius 1 is 0.923 bits per heavy atom. The van der Waals surface area contributed by atoms with Crippen molar-refractivity contribution in [2.45, 2.75) is 52.1 Å². The summed E-state index contributed by atoms with van der Waals surface area (Å²) in [5.74, 6) is 0.320. The van der Waals surface area contributed by atoms with Crippen molar-refractivity contribution in [3.63, 3.8) is 0 Å². The van der Waals surface area contributed by atoms with Crippen LogP contribution in [0.25, 0.3) is 0 Å². The predicted octanol–water partition coefficient (Wildman–Crippen LogP) is 4.70. The first-order valence-corrected chi connectivity index (χ1v) is 9.11. The number of ether oxygens (including phenoxy) is 2. The molecule has 1 fully saturated rings. The van der Waals surface area contributed by atoms with Gasteiger partial charge in [0, 0.05) is 11.1 Å². The smallest absolute Gasteiger partial charge is 0.333 e. The zero-order valence-electron chi connectivity index (χ0n) is 15.8. The maximum absolute atomic E-state index is 11.5. The topological polar surface area (TPSA) is 52.6 Å². The third-order valence-electron chi connectivity index (χ3n) is 4.81. The van der Waals surface area contributed by atoms with Crippen LogP contribution in [-0.4, -0.2) is 18.5 Å². The SMILES string of the molecule is C=C(C)C(=O)OCc1ccc(C2CCC(COC(=O)C(=C)C)CC2)cc1. The van der Waals surface area contributed by atoms with Crippen LogP contribution in [0.2, 0.25) is 0 Å². The van der Waals surface area contributed by atoms with Gasteiger partial charge in [0.25, 0.3) is 0 Å². The second-order valence-electron chi connectivity index (χ2n) is 7.19. The Bertz CT molecular complexity index is 664. The number of carbonyl (C=O) groups excluding carboxylic acids is 2. The average Bonchev–Trinajstić information content (AvgIpc) is 2.64. The summed E-state index contributed by atoms with van der Waals surface area (Å²) >= 11 is 0. The highest BCUT2D eigenvalue weighted by Gasteiger charge is 2.23. The third kappa shape index (κ3) is 5.87. The second-order valence-corrected chi connectivity index (χ2v) is 7.19. The first-order valence-electron chi connectivity index (χ1n) is 9.11. The summed E-state index contributed by atoms with van der Waals surface area (Å²) in [5, 5.41) is 0. The van der Waals surface area contributed by atoms with E-state index in [-0.39, 0.29) is 18.5 Å². The molecule has 0 spiro atoms. The van der Waals surface area contributed by atoms with Crippen molar-refractivity contribution in [2.24, 2.45) is 5.92 Å². The van der Waals surface area contributed by atoms with Gasteiger partial charge < -0.3 is 9.47 Å². The van der Waals surface area contributed by atoms with E-state index in [2.05, 4.69) is 25.3 Å². The van der Waals surface area contributed by atoms with E-state index in [1.165, 1.54) is 5.56 Å². The van der Waals surface area contributed by atoms with Gasteiger partial charge in [-0.25, -0.2) is 9.59 Å². The molecule has 2 rings (SSSR count). The summed E-state index contributed by atoms with van der Waals surface area (Å²) in [6, 6.07) is 8.27. The van der Waals surface area contributed by atoms with E-state index in [9.17, 15) is 9.59 Å². The van der Waals surface area contributed by atoms with Crippen LogP contribution in [0.15, 0.2) is 48.6 Å². The zero-order chi connectivity index (χ0) is 19.1. The number of esters is 2. The molecule has 0 heterocycles. The molecular formula is C22H28O4. The van der Waals surface area contributed by atoms with Gasteiger partial charge in [0.15, 0.2) is 0 Å². The van der Waals surface area contributed by atoms with Crippen molar-refractivity contribution in [1.82, 2.24) is 0 Å². The minimum absolute atomic E-state index is 0.271. The van der Waals surface area contributed by atoms with E-state index < -0.39 is 0 Å². The van der Waals surface area contributed by atoms with Gasteiger partial charge in [-0.2, -0.15) is 0 Å². The maximum atomic E-state index is 11.5. The van der Waals surface area contributed by atoms with Gasteiger partial charge in [0.2, 0.25) is 0 Å². The average molecular weight is 356 g/mol. The first-order chi connectivity index (χ1) is 12.4. The fourth-order valence-corrected chi connectivity index (χ4v) is 3.14. The molecule has 0 saturated heterocycles. The number of benzene rings is 1. The Kier molecular flexibility index (Phi) is 7.19. The van der Waals surface area contributed by atoms with Crippen molar-refractivity contribution in [2.75, 3.05) is 6.61 Å². The molecule has 1 saturated carbocycles. The molecule has 0 bridgehead atoms. The van der Waals surface area contributed by atoms with Gasteiger partial charge in [0.05, 0.1) is 6.61 Å². The molecule has 4 heteroatoms. The lowest BCUT2D eigenvalue weighted by molar-refractivity contribution is -0.141. The van der Waals surface area contributed by atoms with Crippen molar-refractivity contribution in [3.05, 3.63) is 59.7 Å². The zero-order valence-corrected chi connectivity index (χ0v) is 15.8. The van der Waals surface area contributed by atoms with Crippen molar-refractivity contribution < 1.29 is 19.1 Å². The van der Waals surface area contributed by atoms with Gasteiger partial charge in [0.1, 0.15) is 6.61 Å². The van der Waals surface area contributed by atoms with Gasteiger partial charge in [-0.1, -0.05) is 37.4 Å². The number of rotatable bonds is 7. The molecule has 140 valence electrons. The molecule has 0 atom stereocenters. The summed E-state index contributed by atoms with van der Waals surface area (Å²) in [6.07, 6.45) is 4.32. The maximum Gasteiger partial charge on any atom is 0.333 e. The Morgan fingerprint density at radius 2 is 1.46 bits per heavy atom. The van der Waals surface area contributed by atoms with Crippen LogP contribution < -0.4 is 0 Å². The van der Waals surface area contributed by atoms with Crippen LogP contribution in [-0.2, 0) is 25.7 Å². The van der Waals surface area contributed by atoms with Crippen LogP contribution in [0, 0.1) is 5.92 Å². The molecule has 1 aromatic rings. The molecule has 0 radical (unpaired) electrons. The Hall–Kier alpha value is -2.36. The van der Waals surface area contributed by atoms with E-state index in [1.54, 1.807) is 13.8 Å². The van der Waals surface area contributed by atoms with Crippen molar-refractivity contribution in [1.29, 1.82) is 0 Å². The largest absolute Gasteiger partial charge is 0.462 e. The standard InChI is InChI=1S/C22H28O4/c1-15(2)21(23)25-13-17-5-9-19(10-6-17)20-11-7-18(8-12-20)14-26-22(24)16(3)4/h5-6,9-10,18,20H,1,3,7-8,11-14H2,2,4H3. The highest BCUT2D eigenvalue weighted by molar-refractivity contribution is 5.87. The predicted molar refractivity (Wildman–Crippen MR) is 102 cm³/mol. The van der Waals surface area contributed by atoms with Crippen LogP contribution in [0.4, 0.5) is 0 Å². The highest BCUT2D eigenvalue weighted by atomic mass is 16.5. The summed E-state index contributed by atoms with van der Waals surface area (Å²) in [6.45, 7) is 11.2. The normalized spacial score (nSPS) is 19.5. The quantitative estimate of drug-likeness (QED) is 0.525. The fraction of sp³-hybridized carbons (Fsp3) is 0.455. The van der Waals surface area contributed by atoms with Crippen LogP contribution >= 0.6 is 0 Å². The first kappa shape index (κ1) is 20.0. The molecule has 26 heavy (non-hydrogen) atoms. The highest BCUT2D eigenvalue weighted by Crippen LogP contribution is 2.36. The molecule has 4 nitrogen and oxygen atoms in total. The minimum Gasteiger partial charge on any atom is -0.462 e. The molecule has 0 N–H and O–H groups in total. The van der Waals surface area contributed by atoms with E-state index in [0.29, 0.717) is 29.6 Å². The Labute approximate surface area is 155 Å². The Morgan fingerprint density at radius 3 is 2.00 bits per heavy atom. The Balaban J connectivity index is 1.78. The molecule has 1 aliphatic rings. The monoisotopic (exact) mass is 356 g/mol. The molecule has 0 amide bonds. The van der Waals surface area contributed by atoms with Gasteiger partial charge in [-0.05, 0) is 62.5 Å². The lowest BCUT2D eigenvalue weighted by Crippen LogP contribution is -2.20. The van der Waals surface area contributed by atoms with Gasteiger partial charge >= 0.3 is 11.9 Å². The molecular weight excluding hydrogens is 328 g/mol. The van der Waals surface area contributed by atoms with E-state index in [0.717, 1.165) is 31.2 Å². The third-order valence-corrected chi connectivity index (χ3v) is 4.81. The van der Waals surface area contributed by atoms with E-state index in [1.807, 2.05) is 12.1 Å². The minimum atomic E-state index is -0.361. The van der Waals surface area contributed by atoms with Crippen LogP contribution in [0.1, 0.15) is 56.6 Å².